The van der Waals surface area contributed by atoms with Crippen molar-refractivity contribution in [1.82, 2.24) is 10.2 Å². The maximum Gasteiger partial charge on any atom is 0.262 e. The number of carbonyl (C=O) groups excluding carboxylic acids is 1. The van der Waals surface area contributed by atoms with Crippen LogP contribution in [0.3, 0.4) is 0 Å². The Kier molecular flexibility index (Phi) is 4.86. The van der Waals surface area contributed by atoms with Crippen LogP contribution >= 0.6 is 22.9 Å². The average molecular weight is 313 g/mol. The Morgan fingerprint density at radius 1 is 1.45 bits per heavy atom. The molecule has 0 atom stereocenters. The Labute approximate surface area is 127 Å². The molecular weight excluding hydrogens is 296 g/mol. The van der Waals surface area contributed by atoms with E-state index >= 15 is 0 Å². The molecule has 0 saturated carbocycles. The highest BCUT2D eigenvalue weighted by Gasteiger charge is 2.17. The lowest BCUT2D eigenvalue weighted by atomic mass is 10.2. The summed E-state index contributed by atoms with van der Waals surface area (Å²) in [5.41, 5.74) is 0. The molecule has 2 rings (SSSR count). The number of halogens is 1. The van der Waals surface area contributed by atoms with Gasteiger partial charge in [-0.3, -0.25) is 4.79 Å². The summed E-state index contributed by atoms with van der Waals surface area (Å²) in [5, 5.41) is 4.22. The number of thiophene rings is 1. The summed E-state index contributed by atoms with van der Waals surface area (Å²) in [4.78, 5) is 14.7. The number of rotatable bonds is 5. The van der Waals surface area contributed by atoms with Crippen LogP contribution in [0.4, 0.5) is 0 Å². The smallest absolute Gasteiger partial charge is 0.262 e. The van der Waals surface area contributed by atoms with E-state index in [1.807, 2.05) is 37.2 Å². The first-order chi connectivity index (χ1) is 9.52. The number of amides is 1. The summed E-state index contributed by atoms with van der Waals surface area (Å²) >= 11 is 7.70. The highest BCUT2D eigenvalue weighted by molar-refractivity contribution is 7.21. The van der Waals surface area contributed by atoms with Crippen LogP contribution in [0.5, 0.6) is 5.75 Å². The molecule has 1 heterocycles. The van der Waals surface area contributed by atoms with Gasteiger partial charge in [-0.05, 0) is 32.3 Å². The van der Waals surface area contributed by atoms with Gasteiger partial charge in [0.2, 0.25) is 0 Å². The van der Waals surface area contributed by atoms with Crippen LogP contribution in [-0.2, 0) is 0 Å². The summed E-state index contributed by atoms with van der Waals surface area (Å²) in [7, 11) is 5.53. The Morgan fingerprint density at radius 2 is 2.20 bits per heavy atom. The third-order valence-corrected chi connectivity index (χ3v) is 4.56. The normalized spacial score (nSPS) is 11.1. The first-order valence-corrected chi connectivity index (χ1v) is 7.41. The zero-order chi connectivity index (χ0) is 14.7. The molecule has 20 heavy (non-hydrogen) atoms. The van der Waals surface area contributed by atoms with Crippen LogP contribution in [0.2, 0.25) is 5.02 Å². The molecule has 2 aromatic rings. The number of fused-ring (bicyclic) bond motifs is 1. The first-order valence-electron chi connectivity index (χ1n) is 6.22. The van der Waals surface area contributed by atoms with E-state index in [4.69, 9.17) is 16.3 Å². The lowest BCUT2D eigenvalue weighted by Gasteiger charge is -2.09. The van der Waals surface area contributed by atoms with Gasteiger partial charge in [-0.1, -0.05) is 11.6 Å². The molecule has 1 N–H and O–H groups in total. The van der Waals surface area contributed by atoms with Gasteiger partial charge in [-0.2, -0.15) is 0 Å². The predicted molar refractivity (Wildman–Crippen MR) is 84.3 cm³/mol. The van der Waals surface area contributed by atoms with Crippen molar-refractivity contribution in [3.8, 4) is 5.75 Å². The number of likely N-dealkylation sites (N-methyl/N-ethyl adjacent to an activating group) is 1. The average Bonchev–Trinajstić information content (AvgIpc) is 2.75. The van der Waals surface area contributed by atoms with Gasteiger partial charge >= 0.3 is 0 Å². The molecule has 108 valence electrons. The molecule has 1 aromatic carbocycles. The van der Waals surface area contributed by atoms with Crippen LogP contribution in [0.25, 0.3) is 10.1 Å². The molecule has 0 aliphatic rings. The lowest BCUT2D eigenvalue weighted by Crippen LogP contribution is -2.30. The van der Waals surface area contributed by atoms with E-state index in [9.17, 15) is 4.79 Å². The fourth-order valence-corrected chi connectivity index (χ4v) is 3.20. The van der Waals surface area contributed by atoms with Gasteiger partial charge in [0.15, 0.2) is 0 Å². The van der Waals surface area contributed by atoms with E-state index in [0.717, 1.165) is 22.4 Å². The molecule has 0 fully saturated rings. The fourth-order valence-electron chi connectivity index (χ4n) is 1.79. The second-order valence-corrected chi connectivity index (χ2v) is 6.10. The third-order valence-electron chi connectivity index (χ3n) is 2.89. The van der Waals surface area contributed by atoms with Crippen molar-refractivity contribution in [2.45, 2.75) is 0 Å². The van der Waals surface area contributed by atoms with E-state index in [1.54, 1.807) is 7.11 Å². The number of carbonyl (C=O) groups is 1. The molecule has 0 aliphatic heterocycles. The number of methoxy groups -OCH3 is 1. The molecule has 1 amide bonds. The second-order valence-electron chi connectivity index (χ2n) is 4.67. The number of nitrogens with zero attached hydrogens (tertiary/aromatic N) is 1. The predicted octanol–water partition coefficient (Wildman–Crippen LogP) is 2.85. The summed E-state index contributed by atoms with van der Waals surface area (Å²) in [6.45, 7) is 1.39. The lowest BCUT2D eigenvalue weighted by molar-refractivity contribution is 0.0955. The maximum atomic E-state index is 12.1. The zero-order valence-corrected chi connectivity index (χ0v) is 13.3. The SMILES string of the molecule is COc1ccc2sc(C(=O)NCCN(C)C)c(Cl)c2c1. The topological polar surface area (TPSA) is 41.6 Å². The van der Waals surface area contributed by atoms with Gasteiger partial charge < -0.3 is 15.0 Å². The number of nitrogens with one attached hydrogen (secondary N) is 1. The monoisotopic (exact) mass is 312 g/mol. The molecule has 0 spiro atoms. The van der Waals surface area contributed by atoms with Gasteiger partial charge in [0.1, 0.15) is 10.6 Å². The number of ether oxygens (including phenoxy) is 1. The molecule has 0 aliphatic carbocycles. The van der Waals surface area contributed by atoms with E-state index < -0.39 is 0 Å². The third kappa shape index (κ3) is 3.23. The highest BCUT2D eigenvalue weighted by Crippen LogP contribution is 2.37. The van der Waals surface area contributed by atoms with Gasteiger partial charge in [-0.15, -0.1) is 11.3 Å². The van der Waals surface area contributed by atoms with Crippen molar-refractivity contribution in [3.05, 3.63) is 28.1 Å². The van der Waals surface area contributed by atoms with Crippen molar-refractivity contribution in [3.63, 3.8) is 0 Å². The van der Waals surface area contributed by atoms with Crippen molar-refractivity contribution in [2.24, 2.45) is 0 Å². The Morgan fingerprint density at radius 3 is 2.85 bits per heavy atom. The first kappa shape index (κ1) is 15.1. The molecule has 0 saturated heterocycles. The minimum Gasteiger partial charge on any atom is -0.497 e. The Balaban J connectivity index is 2.21. The molecule has 4 nitrogen and oxygen atoms in total. The molecule has 0 bridgehead atoms. The van der Waals surface area contributed by atoms with Crippen LogP contribution in [-0.4, -0.2) is 45.1 Å². The maximum absolute atomic E-state index is 12.1. The van der Waals surface area contributed by atoms with Crippen LogP contribution in [0, 0.1) is 0 Å². The zero-order valence-electron chi connectivity index (χ0n) is 11.7. The van der Waals surface area contributed by atoms with Crippen molar-refractivity contribution in [2.75, 3.05) is 34.3 Å². The van der Waals surface area contributed by atoms with Gasteiger partial charge in [-0.25, -0.2) is 0 Å². The van der Waals surface area contributed by atoms with Crippen LogP contribution in [0.15, 0.2) is 18.2 Å². The van der Waals surface area contributed by atoms with E-state index in [1.165, 1.54) is 11.3 Å². The number of benzene rings is 1. The van der Waals surface area contributed by atoms with Gasteiger partial charge in [0.25, 0.3) is 5.91 Å². The minimum absolute atomic E-state index is 0.128. The molecular formula is C14H17ClN2O2S. The molecule has 6 heteroatoms. The number of hydrogen-bond acceptors (Lipinski definition) is 4. The van der Waals surface area contributed by atoms with Gasteiger partial charge in [0.05, 0.1) is 12.1 Å². The summed E-state index contributed by atoms with van der Waals surface area (Å²) in [6, 6.07) is 5.63. The van der Waals surface area contributed by atoms with E-state index in [2.05, 4.69) is 5.32 Å². The standard InChI is InChI=1S/C14H17ClN2O2S/c1-17(2)7-6-16-14(18)13-12(15)10-8-9(19-3)4-5-11(10)20-13/h4-5,8H,6-7H2,1-3H3,(H,16,18). The van der Waals surface area contributed by atoms with Crippen LogP contribution in [0.1, 0.15) is 9.67 Å². The Hall–Kier alpha value is -1.30. The molecule has 0 radical (unpaired) electrons. The van der Waals surface area contributed by atoms with Crippen LogP contribution < -0.4 is 10.1 Å². The molecule has 1 aromatic heterocycles. The fraction of sp³-hybridized carbons (Fsp3) is 0.357. The van der Waals surface area contributed by atoms with E-state index in [0.29, 0.717) is 16.4 Å². The quantitative estimate of drug-likeness (QED) is 0.923. The highest BCUT2D eigenvalue weighted by atomic mass is 35.5. The Bertz CT molecular complexity index is 625. The van der Waals surface area contributed by atoms with Crippen molar-refractivity contribution < 1.29 is 9.53 Å². The van der Waals surface area contributed by atoms with E-state index in [-0.39, 0.29) is 5.91 Å². The minimum atomic E-state index is -0.128. The summed E-state index contributed by atoms with van der Waals surface area (Å²) in [5.74, 6) is 0.605. The molecule has 0 unspecified atom stereocenters. The van der Waals surface area contributed by atoms with Crippen molar-refractivity contribution >= 4 is 38.9 Å². The van der Waals surface area contributed by atoms with Crippen molar-refractivity contribution in [1.29, 1.82) is 0 Å². The summed E-state index contributed by atoms with van der Waals surface area (Å²) in [6.07, 6.45) is 0. The largest absolute Gasteiger partial charge is 0.497 e. The van der Waals surface area contributed by atoms with Gasteiger partial charge in [0, 0.05) is 23.2 Å². The summed E-state index contributed by atoms with van der Waals surface area (Å²) < 4.78 is 6.16. The number of hydrogen-bond donors (Lipinski definition) is 1. The second kappa shape index (κ2) is 6.43.